The Morgan fingerprint density at radius 1 is 1.34 bits per heavy atom. The molecule has 2 heterocycles. The van der Waals surface area contributed by atoms with Crippen LogP contribution >= 0.6 is 0 Å². The topological polar surface area (TPSA) is 83.3 Å². The van der Waals surface area contributed by atoms with Crippen LogP contribution in [0.4, 0.5) is 0 Å². The maximum atomic E-state index is 12.8. The first-order valence-corrected chi connectivity index (χ1v) is 9.67. The second kappa shape index (κ2) is 8.29. The van der Waals surface area contributed by atoms with E-state index in [4.69, 9.17) is 9.47 Å². The fourth-order valence-electron chi connectivity index (χ4n) is 3.61. The summed E-state index contributed by atoms with van der Waals surface area (Å²) >= 11 is 0. The Kier molecular flexibility index (Phi) is 5.98. The molecule has 154 valence electrons. The lowest BCUT2D eigenvalue weighted by atomic mass is 9.72. The van der Waals surface area contributed by atoms with Gasteiger partial charge in [0.15, 0.2) is 11.2 Å². The van der Waals surface area contributed by atoms with E-state index in [-0.39, 0.29) is 11.4 Å². The lowest BCUT2D eigenvalue weighted by Crippen LogP contribution is -2.55. The van der Waals surface area contributed by atoms with E-state index in [0.717, 1.165) is 11.3 Å². The fraction of sp³-hybridized carbons (Fsp3) is 0.455. The highest BCUT2D eigenvalue weighted by molar-refractivity contribution is 6.13. The predicted molar refractivity (Wildman–Crippen MR) is 107 cm³/mol. The van der Waals surface area contributed by atoms with Gasteiger partial charge in [-0.15, -0.1) is 5.10 Å². The van der Waals surface area contributed by atoms with E-state index in [1.54, 1.807) is 18.5 Å². The number of hydrogen-bond acceptors (Lipinski definition) is 6. The van der Waals surface area contributed by atoms with Gasteiger partial charge < -0.3 is 9.47 Å². The SMILES string of the molecule is C=C1C(=O)[C@](C)(C(=O)OC)[C@@H](CCc2cn(Cc3ccc(C)cc3)nn2)O[C@H]1C. The normalized spacial score (nSPS) is 24.6. The molecule has 1 aromatic heterocycles. The molecule has 0 N–H and O–H groups in total. The minimum atomic E-state index is -1.41. The van der Waals surface area contributed by atoms with Crippen LogP contribution in [0, 0.1) is 12.3 Å². The van der Waals surface area contributed by atoms with E-state index in [1.165, 1.54) is 12.7 Å². The van der Waals surface area contributed by atoms with E-state index >= 15 is 0 Å². The molecular formula is C22H27N3O4. The molecule has 1 aromatic carbocycles. The molecule has 3 rings (SSSR count). The van der Waals surface area contributed by atoms with Crippen LogP contribution in [0.15, 0.2) is 42.6 Å². The molecule has 7 nitrogen and oxygen atoms in total. The summed E-state index contributed by atoms with van der Waals surface area (Å²) in [5, 5.41) is 8.40. The van der Waals surface area contributed by atoms with Gasteiger partial charge in [0.2, 0.25) is 0 Å². The molecule has 2 aromatic rings. The number of methoxy groups -OCH3 is 1. The molecule has 7 heteroatoms. The maximum absolute atomic E-state index is 12.8. The van der Waals surface area contributed by atoms with Crippen molar-refractivity contribution in [3.05, 3.63) is 59.4 Å². The first-order valence-electron chi connectivity index (χ1n) is 9.67. The summed E-state index contributed by atoms with van der Waals surface area (Å²) in [7, 11) is 1.27. The van der Waals surface area contributed by atoms with E-state index in [1.807, 2.05) is 13.1 Å². The predicted octanol–water partition coefficient (Wildman–Crippen LogP) is 2.66. The van der Waals surface area contributed by atoms with E-state index in [2.05, 4.69) is 41.2 Å². The molecule has 1 saturated heterocycles. The second-order valence-corrected chi connectivity index (χ2v) is 7.75. The van der Waals surface area contributed by atoms with Crippen molar-refractivity contribution in [2.75, 3.05) is 7.11 Å². The monoisotopic (exact) mass is 397 g/mol. The van der Waals surface area contributed by atoms with E-state index in [9.17, 15) is 9.59 Å². The van der Waals surface area contributed by atoms with Gasteiger partial charge in [-0.2, -0.15) is 0 Å². The fourth-order valence-corrected chi connectivity index (χ4v) is 3.61. The number of hydrogen-bond donors (Lipinski definition) is 0. The lowest BCUT2D eigenvalue weighted by molar-refractivity contribution is -0.175. The van der Waals surface area contributed by atoms with Crippen LogP contribution in [0.1, 0.15) is 37.1 Å². The zero-order valence-corrected chi connectivity index (χ0v) is 17.3. The van der Waals surface area contributed by atoms with Gasteiger partial charge in [-0.1, -0.05) is 41.6 Å². The molecule has 0 spiro atoms. The van der Waals surface area contributed by atoms with Gasteiger partial charge in [0.05, 0.1) is 31.6 Å². The Morgan fingerprint density at radius 3 is 2.69 bits per heavy atom. The number of ether oxygens (including phenoxy) is 2. The van der Waals surface area contributed by atoms with Crippen molar-refractivity contribution in [3.63, 3.8) is 0 Å². The smallest absolute Gasteiger partial charge is 0.322 e. The molecule has 3 atom stereocenters. The van der Waals surface area contributed by atoms with Gasteiger partial charge in [-0.3, -0.25) is 9.59 Å². The average molecular weight is 397 g/mol. The highest BCUT2D eigenvalue weighted by Gasteiger charge is 2.54. The van der Waals surface area contributed by atoms with Crippen LogP contribution in [0.2, 0.25) is 0 Å². The van der Waals surface area contributed by atoms with Crippen LogP contribution in [0.3, 0.4) is 0 Å². The average Bonchev–Trinajstić information content (AvgIpc) is 3.16. The molecule has 1 aliphatic rings. The van der Waals surface area contributed by atoms with Crippen molar-refractivity contribution in [1.82, 2.24) is 15.0 Å². The Balaban J connectivity index is 1.70. The van der Waals surface area contributed by atoms with Crippen molar-refractivity contribution < 1.29 is 19.1 Å². The van der Waals surface area contributed by atoms with Gasteiger partial charge in [-0.05, 0) is 39.2 Å². The summed E-state index contributed by atoms with van der Waals surface area (Å²) in [4.78, 5) is 25.2. The standard InChI is InChI=1S/C22H27N3O4/c1-14-6-8-17(9-7-14)12-25-13-18(23-24-25)10-11-19-22(4,21(27)28-5)20(26)15(2)16(3)29-19/h6-9,13,16,19H,2,10-12H2,1,3-5H3/t16-,19+,22+/m0/s1. The van der Waals surface area contributed by atoms with E-state index < -0.39 is 23.6 Å². The molecule has 1 aliphatic heterocycles. The van der Waals surface area contributed by atoms with Crippen molar-refractivity contribution in [2.45, 2.75) is 52.4 Å². The first kappa shape index (κ1) is 20.9. The molecule has 0 aliphatic carbocycles. The zero-order chi connectivity index (χ0) is 21.2. The zero-order valence-electron chi connectivity index (χ0n) is 17.3. The maximum Gasteiger partial charge on any atom is 0.322 e. The van der Waals surface area contributed by atoms with Crippen LogP contribution in [0.25, 0.3) is 0 Å². The third-order valence-electron chi connectivity index (χ3n) is 5.59. The van der Waals surface area contributed by atoms with Gasteiger partial charge in [0, 0.05) is 11.8 Å². The molecule has 1 fully saturated rings. The number of esters is 1. The van der Waals surface area contributed by atoms with Crippen LogP contribution < -0.4 is 0 Å². The summed E-state index contributed by atoms with van der Waals surface area (Å²) in [6.07, 6.45) is 1.78. The van der Waals surface area contributed by atoms with Crippen molar-refractivity contribution in [3.8, 4) is 0 Å². The second-order valence-electron chi connectivity index (χ2n) is 7.75. The minimum Gasteiger partial charge on any atom is -0.468 e. The van der Waals surface area contributed by atoms with Gasteiger partial charge in [0.1, 0.15) is 0 Å². The molecule has 0 amide bonds. The van der Waals surface area contributed by atoms with Crippen LogP contribution in [-0.4, -0.2) is 46.1 Å². The summed E-state index contributed by atoms with van der Waals surface area (Å²) in [6, 6.07) is 8.25. The van der Waals surface area contributed by atoms with Crippen molar-refractivity contribution in [2.24, 2.45) is 5.41 Å². The number of rotatable bonds is 6. The highest BCUT2D eigenvalue weighted by atomic mass is 16.5. The summed E-state index contributed by atoms with van der Waals surface area (Å²) < 4.78 is 12.6. The number of Topliss-reactive ketones (excluding diaryl/α,β-unsaturated/α-hetero) is 1. The quantitative estimate of drug-likeness (QED) is 0.423. The molecule has 0 radical (unpaired) electrons. The lowest BCUT2D eigenvalue weighted by Gasteiger charge is -2.41. The molecular weight excluding hydrogens is 370 g/mol. The first-order chi connectivity index (χ1) is 13.8. The number of carbonyl (C=O) groups excluding carboxylic acids is 2. The number of aryl methyl sites for hydroxylation is 2. The molecule has 29 heavy (non-hydrogen) atoms. The Morgan fingerprint density at radius 2 is 2.03 bits per heavy atom. The minimum absolute atomic E-state index is 0.290. The van der Waals surface area contributed by atoms with Gasteiger partial charge in [0.25, 0.3) is 0 Å². The van der Waals surface area contributed by atoms with Crippen LogP contribution in [0.5, 0.6) is 0 Å². The highest BCUT2D eigenvalue weighted by Crippen LogP contribution is 2.39. The number of aromatic nitrogens is 3. The molecule has 0 saturated carbocycles. The van der Waals surface area contributed by atoms with Crippen molar-refractivity contribution >= 4 is 11.8 Å². The largest absolute Gasteiger partial charge is 0.468 e. The van der Waals surface area contributed by atoms with Gasteiger partial charge in [-0.25, -0.2) is 4.68 Å². The number of ketones is 1. The van der Waals surface area contributed by atoms with E-state index in [0.29, 0.717) is 19.4 Å². The Hall–Kier alpha value is -2.80. The Labute approximate surface area is 170 Å². The van der Waals surface area contributed by atoms with Gasteiger partial charge >= 0.3 is 5.97 Å². The summed E-state index contributed by atoms with van der Waals surface area (Å²) in [5.41, 5.74) is 2.01. The summed E-state index contributed by atoms with van der Waals surface area (Å²) in [6.45, 7) is 9.79. The van der Waals surface area contributed by atoms with Crippen LogP contribution in [-0.2, 0) is 32.0 Å². The third-order valence-corrected chi connectivity index (χ3v) is 5.59. The third kappa shape index (κ3) is 4.15. The van der Waals surface area contributed by atoms with Crippen molar-refractivity contribution in [1.29, 1.82) is 0 Å². The number of benzene rings is 1. The molecule has 0 bridgehead atoms. The summed E-state index contributed by atoms with van der Waals surface area (Å²) in [5.74, 6) is -0.931. The number of carbonyl (C=O) groups is 2. The Bertz CT molecular complexity index is 918. The number of nitrogens with zero attached hydrogens (tertiary/aromatic N) is 3. The molecule has 0 unspecified atom stereocenters.